The molecule has 2 atom stereocenters. The van der Waals surface area contributed by atoms with Gasteiger partial charge in [-0.05, 0) is 47.8 Å². The fourth-order valence-corrected chi connectivity index (χ4v) is 3.74. The number of hydrogen-bond donors (Lipinski definition) is 2. The van der Waals surface area contributed by atoms with E-state index in [0.717, 1.165) is 16.7 Å². The Morgan fingerprint density at radius 3 is 2.74 bits per heavy atom. The molecular weight excluding hydrogens is 434 g/mol. The molecule has 3 rings (SSSR count). The lowest BCUT2D eigenvalue weighted by atomic mass is 9.84. The molecule has 0 bridgehead atoms. The van der Waals surface area contributed by atoms with Crippen molar-refractivity contribution >= 4 is 11.8 Å². The Balaban J connectivity index is 1.94. The molecule has 1 aliphatic heterocycles. The standard InChI is InChI=1S/C25H29N5O4/c1-3-13-27-24(32)25(16-20-7-4-5-8-21(20)17-28-30-26)18(2)34-23(29-25)19-9-11-22(12-10-19)33-15-6-14-31/h3-5,7-12,18,31H,1,6,13-17H2,2H3,(H,27,32)/t18-,25-/m1/s1. The van der Waals surface area contributed by atoms with Crippen LogP contribution in [0.25, 0.3) is 10.4 Å². The highest BCUT2D eigenvalue weighted by Crippen LogP contribution is 2.33. The number of carbonyl (C=O) groups is 1. The van der Waals surface area contributed by atoms with E-state index in [1.54, 1.807) is 18.2 Å². The molecule has 0 aliphatic carbocycles. The number of carbonyl (C=O) groups excluding carboxylic acids is 1. The summed E-state index contributed by atoms with van der Waals surface area (Å²) in [5, 5.41) is 15.5. The first kappa shape index (κ1) is 24.8. The van der Waals surface area contributed by atoms with Crippen LogP contribution in [0.3, 0.4) is 0 Å². The van der Waals surface area contributed by atoms with E-state index >= 15 is 0 Å². The zero-order valence-electron chi connectivity index (χ0n) is 19.2. The zero-order chi connectivity index (χ0) is 24.4. The van der Waals surface area contributed by atoms with Gasteiger partial charge in [0.1, 0.15) is 11.9 Å². The summed E-state index contributed by atoms with van der Waals surface area (Å²) >= 11 is 0. The fourth-order valence-electron chi connectivity index (χ4n) is 3.74. The SMILES string of the molecule is C=CCNC(=O)[C@]1(Cc2ccccc2CN=[N+]=[N-])N=C(c2ccc(OCCCO)cc2)O[C@@H]1C. The first-order valence-corrected chi connectivity index (χ1v) is 11.1. The summed E-state index contributed by atoms with van der Waals surface area (Å²) in [5.74, 6) is 0.777. The maximum atomic E-state index is 13.4. The van der Waals surface area contributed by atoms with Crippen LogP contribution in [0.4, 0.5) is 0 Å². The predicted molar refractivity (Wildman–Crippen MR) is 130 cm³/mol. The minimum atomic E-state index is -1.21. The first-order chi connectivity index (χ1) is 16.5. The molecule has 2 N–H and O–H groups in total. The Morgan fingerprint density at radius 2 is 2.06 bits per heavy atom. The van der Waals surface area contributed by atoms with Crippen LogP contribution >= 0.6 is 0 Å². The van der Waals surface area contributed by atoms with Crippen molar-refractivity contribution in [2.45, 2.75) is 38.0 Å². The summed E-state index contributed by atoms with van der Waals surface area (Å²) in [5.41, 5.74) is 9.95. The molecule has 0 unspecified atom stereocenters. The number of nitrogens with one attached hydrogen (secondary N) is 1. The van der Waals surface area contributed by atoms with E-state index in [1.807, 2.05) is 43.3 Å². The molecule has 2 aromatic rings. The molecular formula is C25H29N5O4. The number of aliphatic imine (C=N–C) groups is 1. The summed E-state index contributed by atoms with van der Waals surface area (Å²) in [6, 6.07) is 14.8. The Hall–Kier alpha value is -3.81. The van der Waals surface area contributed by atoms with E-state index in [1.165, 1.54) is 0 Å². The van der Waals surface area contributed by atoms with Gasteiger partial charge in [-0.1, -0.05) is 35.5 Å². The van der Waals surface area contributed by atoms with Crippen LogP contribution in [-0.4, -0.2) is 48.3 Å². The van der Waals surface area contributed by atoms with Gasteiger partial charge in [-0.2, -0.15) is 0 Å². The molecule has 1 heterocycles. The minimum Gasteiger partial charge on any atom is -0.494 e. The van der Waals surface area contributed by atoms with Gasteiger partial charge in [0.05, 0.1) is 13.2 Å². The Bertz CT molecular complexity index is 1080. The maximum absolute atomic E-state index is 13.4. The molecule has 178 valence electrons. The number of amides is 1. The van der Waals surface area contributed by atoms with E-state index < -0.39 is 11.6 Å². The molecule has 2 aromatic carbocycles. The molecule has 0 aromatic heterocycles. The van der Waals surface area contributed by atoms with Crippen molar-refractivity contribution in [3.8, 4) is 5.75 Å². The van der Waals surface area contributed by atoms with E-state index in [0.29, 0.717) is 31.2 Å². The van der Waals surface area contributed by atoms with Crippen LogP contribution in [0.1, 0.15) is 30.0 Å². The van der Waals surface area contributed by atoms with Gasteiger partial charge in [0.2, 0.25) is 5.90 Å². The van der Waals surface area contributed by atoms with Gasteiger partial charge in [0.25, 0.3) is 5.91 Å². The monoisotopic (exact) mass is 463 g/mol. The van der Waals surface area contributed by atoms with Crippen molar-refractivity contribution < 1.29 is 19.4 Å². The lowest BCUT2D eigenvalue weighted by molar-refractivity contribution is -0.128. The molecule has 9 nitrogen and oxygen atoms in total. The Morgan fingerprint density at radius 1 is 1.32 bits per heavy atom. The molecule has 1 aliphatic rings. The van der Waals surface area contributed by atoms with E-state index in [4.69, 9.17) is 25.1 Å². The second-order valence-electron chi connectivity index (χ2n) is 7.88. The number of hydrogen-bond acceptors (Lipinski definition) is 6. The average Bonchev–Trinajstić information content (AvgIpc) is 3.19. The number of aliphatic hydroxyl groups excluding tert-OH is 1. The van der Waals surface area contributed by atoms with Gasteiger partial charge in [0, 0.05) is 36.5 Å². The molecule has 0 radical (unpaired) electrons. The van der Waals surface area contributed by atoms with Crippen molar-refractivity contribution in [2.75, 3.05) is 19.8 Å². The smallest absolute Gasteiger partial charge is 0.252 e. The molecule has 0 fully saturated rings. The Kier molecular flexibility index (Phi) is 8.67. The first-order valence-electron chi connectivity index (χ1n) is 11.1. The van der Waals surface area contributed by atoms with Crippen LogP contribution < -0.4 is 10.1 Å². The Labute approximate surface area is 198 Å². The van der Waals surface area contributed by atoms with Crippen molar-refractivity contribution in [1.82, 2.24) is 5.32 Å². The number of rotatable bonds is 12. The van der Waals surface area contributed by atoms with Gasteiger partial charge in [-0.15, -0.1) is 6.58 Å². The van der Waals surface area contributed by atoms with Gasteiger partial charge >= 0.3 is 0 Å². The fraction of sp³-hybridized carbons (Fsp3) is 0.360. The van der Waals surface area contributed by atoms with Crippen LogP contribution in [0.15, 0.2) is 71.3 Å². The second-order valence-corrected chi connectivity index (χ2v) is 7.88. The third-order valence-electron chi connectivity index (χ3n) is 5.62. The molecule has 34 heavy (non-hydrogen) atoms. The quantitative estimate of drug-likeness (QED) is 0.163. The van der Waals surface area contributed by atoms with E-state index in [-0.39, 0.29) is 25.5 Å². The number of ether oxygens (including phenoxy) is 2. The minimum absolute atomic E-state index is 0.0720. The zero-order valence-corrected chi connectivity index (χ0v) is 19.2. The molecule has 0 spiro atoms. The van der Waals surface area contributed by atoms with Crippen LogP contribution in [0.2, 0.25) is 0 Å². The van der Waals surface area contributed by atoms with Crippen molar-refractivity contribution in [3.63, 3.8) is 0 Å². The van der Waals surface area contributed by atoms with Crippen LogP contribution in [0.5, 0.6) is 5.75 Å². The van der Waals surface area contributed by atoms with E-state index in [2.05, 4.69) is 21.9 Å². The van der Waals surface area contributed by atoms with Crippen molar-refractivity contribution in [3.05, 3.63) is 88.3 Å². The van der Waals surface area contributed by atoms with Crippen LogP contribution in [-0.2, 0) is 22.5 Å². The van der Waals surface area contributed by atoms with Gasteiger partial charge in [-0.25, -0.2) is 4.99 Å². The topological polar surface area (TPSA) is 129 Å². The summed E-state index contributed by atoms with van der Waals surface area (Å²) in [6.07, 6.45) is 1.90. The summed E-state index contributed by atoms with van der Waals surface area (Å²) in [4.78, 5) is 21.0. The van der Waals surface area contributed by atoms with Gasteiger partial charge in [0.15, 0.2) is 5.54 Å². The predicted octanol–water partition coefficient (Wildman–Crippen LogP) is 3.71. The third-order valence-corrected chi connectivity index (χ3v) is 5.62. The average molecular weight is 464 g/mol. The largest absolute Gasteiger partial charge is 0.494 e. The normalized spacial score (nSPS) is 18.9. The second kappa shape index (κ2) is 11.9. The summed E-state index contributed by atoms with van der Waals surface area (Å²) < 4.78 is 11.7. The number of aliphatic hydroxyl groups is 1. The van der Waals surface area contributed by atoms with Crippen molar-refractivity contribution in [2.24, 2.45) is 10.1 Å². The van der Waals surface area contributed by atoms with Crippen LogP contribution in [0, 0.1) is 0 Å². The van der Waals surface area contributed by atoms with Gasteiger partial charge < -0.3 is 19.9 Å². The summed E-state index contributed by atoms with van der Waals surface area (Å²) in [7, 11) is 0. The number of nitrogens with zero attached hydrogens (tertiary/aromatic N) is 4. The highest BCUT2D eigenvalue weighted by Gasteiger charge is 2.50. The number of azide groups is 1. The molecule has 9 heteroatoms. The molecule has 0 saturated heterocycles. The van der Waals surface area contributed by atoms with E-state index in [9.17, 15) is 4.79 Å². The maximum Gasteiger partial charge on any atom is 0.252 e. The van der Waals surface area contributed by atoms with Gasteiger partial charge in [-0.3, -0.25) is 4.79 Å². The molecule has 0 saturated carbocycles. The third kappa shape index (κ3) is 5.75. The summed E-state index contributed by atoms with van der Waals surface area (Å²) in [6.45, 7) is 6.48. The highest BCUT2D eigenvalue weighted by molar-refractivity contribution is 6.01. The number of benzene rings is 2. The molecule has 1 amide bonds. The highest BCUT2D eigenvalue weighted by atomic mass is 16.5. The van der Waals surface area contributed by atoms with Crippen molar-refractivity contribution in [1.29, 1.82) is 0 Å². The lowest BCUT2D eigenvalue weighted by Crippen LogP contribution is -2.52. The lowest BCUT2D eigenvalue weighted by Gasteiger charge is -2.28.